The average molecular weight is 298 g/mol. The summed E-state index contributed by atoms with van der Waals surface area (Å²) in [5, 5.41) is 2.76. The Bertz CT molecular complexity index is 353. The number of aromatic amines is 1. The Hall–Kier alpha value is -1.58. The van der Waals surface area contributed by atoms with Gasteiger partial charge in [0.25, 0.3) is 0 Å². The second-order valence-corrected chi connectivity index (χ2v) is 3.72. The van der Waals surface area contributed by atoms with Crippen LogP contribution in [-0.2, 0) is 11.2 Å². The lowest BCUT2D eigenvalue weighted by molar-refractivity contribution is -0.120. The van der Waals surface area contributed by atoms with E-state index in [4.69, 9.17) is 0 Å². The smallest absolute Gasteiger partial charge is 0.247 e. The van der Waals surface area contributed by atoms with Gasteiger partial charge in [-0.15, -0.1) is 0 Å². The predicted molar refractivity (Wildman–Crippen MR) is 92.7 cm³/mol. The molecule has 0 bridgehead atoms. The van der Waals surface area contributed by atoms with E-state index in [0.29, 0.717) is 13.0 Å². The monoisotopic (exact) mass is 298 g/mol. The maximum Gasteiger partial charge on any atom is 0.247 e. The second-order valence-electron chi connectivity index (χ2n) is 3.72. The van der Waals surface area contributed by atoms with Gasteiger partial charge in [-0.05, 0) is 12.0 Å². The summed E-state index contributed by atoms with van der Waals surface area (Å²) in [6.45, 7) is 14.7. The quantitative estimate of drug-likeness (QED) is 0.885. The van der Waals surface area contributed by atoms with Crippen LogP contribution in [0.4, 0.5) is 0 Å². The normalized spacial score (nSPS) is 7.95. The second kappa shape index (κ2) is 20.7. The molecule has 1 heterocycles. The first kappa shape index (κ1) is 24.4. The highest BCUT2D eigenvalue weighted by Crippen LogP contribution is 1.93. The van der Waals surface area contributed by atoms with Gasteiger partial charge in [-0.25, -0.2) is 0 Å². The van der Waals surface area contributed by atoms with Crippen molar-refractivity contribution < 1.29 is 4.79 Å². The minimum Gasteiger partial charge on any atom is -0.356 e. The van der Waals surface area contributed by atoms with Crippen LogP contribution < -0.4 is 10.9 Å². The molecule has 1 amide bonds. The van der Waals surface area contributed by atoms with Crippen molar-refractivity contribution in [2.75, 3.05) is 6.54 Å². The highest BCUT2D eigenvalue weighted by molar-refractivity contribution is 5.75. The SMILES string of the molecule is CC.CC.CCC.CCC(=O)NCCc1ccc(=O)[nH]c1. The van der Waals surface area contributed by atoms with E-state index in [1.807, 2.05) is 34.6 Å². The van der Waals surface area contributed by atoms with E-state index in [0.717, 1.165) is 12.0 Å². The molecule has 0 atom stereocenters. The fourth-order valence-corrected chi connectivity index (χ4v) is 1.07. The number of H-pyrrole nitrogens is 1. The molecule has 0 fully saturated rings. The molecule has 0 aliphatic heterocycles. The lowest BCUT2D eigenvalue weighted by Crippen LogP contribution is -2.24. The summed E-state index contributed by atoms with van der Waals surface area (Å²) in [6, 6.07) is 3.24. The summed E-state index contributed by atoms with van der Waals surface area (Å²) >= 11 is 0. The van der Waals surface area contributed by atoms with Crippen LogP contribution in [0.25, 0.3) is 0 Å². The number of carbonyl (C=O) groups excluding carboxylic acids is 1. The Labute approximate surface area is 130 Å². The third kappa shape index (κ3) is 18.4. The maximum absolute atomic E-state index is 10.9. The summed E-state index contributed by atoms with van der Waals surface area (Å²) < 4.78 is 0. The number of rotatable bonds is 4. The minimum absolute atomic E-state index is 0.0504. The number of amides is 1. The van der Waals surface area contributed by atoms with Gasteiger partial charge in [0.05, 0.1) is 0 Å². The van der Waals surface area contributed by atoms with Crippen LogP contribution in [0.3, 0.4) is 0 Å². The van der Waals surface area contributed by atoms with Gasteiger partial charge in [-0.2, -0.15) is 0 Å². The van der Waals surface area contributed by atoms with Gasteiger partial charge in [-0.1, -0.05) is 61.0 Å². The topological polar surface area (TPSA) is 62.0 Å². The van der Waals surface area contributed by atoms with Gasteiger partial charge < -0.3 is 10.3 Å². The fraction of sp³-hybridized carbons (Fsp3) is 0.647. The van der Waals surface area contributed by atoms with E-state index in [1.54, 1.807) is 12.3 Å². The first-order chi connectivity index (χ1) is 10.1. The van der Waals surface area contributed by atoms with Gasteiger partial charge >= 0.3 is 0 Å². The zero-order chi connectivity index (χ0) is 17.1. The van der Waals surface area contributed by atoms with Gasteiger partial charge in [0.15, 0.2) is 0 Å². The molecule has 0 radical (unpaired) electrons. The number of aromatic nitrogens is 1. The third-order valence-electron chi connectivity index (χ3n) is 1.91. The van der Waals surface area contributed by atoms with Crippen LogP contribution in [0.15, 0.2) is 23.1 Å². The Kier molecular flexibility index (Phi) is 24.1. The molecular weight excluding hydrogens is 264 g/mol. The van der Waals surface area contributed by atoms with E-state index in [2.05, 4.69) is 24.1 Å². The van der Waals surface area contributed by atoms with Crippen molar-refractivity contribution in [3.05, 3.63) is 34.2 Å². The molecule has 0 spiro atoms. The Morgan fingerprint density at radius 1 is 1.10 bits per heavy atom. The van der Waals surface area contributed by atoms with Gasteiger partial charge in [0.1, 0.15) is 0 Å². The van der Waals surface area contributed by atoms with Gasteiger partial charge in [0, 0.05) is 25.2 Å². The molecule has 0 aliphatic rings. The maximum atomic E-state index is 10.9. The highest BCUT2D eigenvalue weighted by Gasteiger charge is 1.96. The molecule has 4 heteroatoms. The largest absolute Gasteiger partial charge is 0.356 e. The number of nitrogens with one attached hydrogen (secondary N) is 2. The molecule has 0 unspecified atom stereocenters. The molecule has 0 aromatic carbocycles. The average Bonchev–Trinajstić information content (AvgIpc) is 2.54. The van der Waals surface area contributed by atoms with Crippen molar-refractivity contribution in [1.29, 1.82) is 0 Å². The third-order valence-corrected chi connectivity index (χ3v) is 1.91. The first-order valence-electron chi connectivity index (χ1n) is 8.08. The summed E-state index contributed by atoms with van der Waals surface area (Å²) in [5.41, 5.74) is 0.910. The van der Waals surface area contributed by atoms with Crippen LogP contribution in [0, 0.1) is 0 Å². The molecule has 2 N–H and O–H groups in total. The van der Waals surface area contributed by atoms with Crippen LogP contribution in [0.5, 0.6) is 0 Å². The number of hydrogen-bond acceptors (Lipinski definition) is 2. The molecule has 124 valence electrons. The predicted octanol–water partition coefficient (Wildman–Crippen LogP) is 3.91. The standard InChI is InChI=1S/C10H14N2O2.C3H8.2C2H6/c1-2-9(13)11-6-5-8-3-4-10(14)12-7-8;1-3-2;2*1-2/h3-4,7H,2,5-6H2,1H3,(H,11,13)(H,12,14);3H2,1-2H3;2*1-2H3. The zero-order valence-corrected chi connectivity index (χ0v) is 14.9. The molecular formula is C17H34N2O2. The molecule has 1 rings (SSSR count). The van der Waals surface area contributed by atoms with Crippen molar-refractivity contribution in [3.63, 3.8) is 0 Å². The van der Waals surface area contributed by atoms with Crippen LogP contribution in [0.2, 0.25) is 0 Å². The summed E-state index contributed by atoms with van der Waals surface area (Å²) in [6.07, 6.45) is 4.16. The van der Waals surface area contributed by atoms with Gasteiger partial charge in [0.2, 0.25) is 11.5 Å². The van der Waals surface area contributed by atoms with Crippen molar-refractivity contribution in [1.82, 2.24) is 10.3 Å². The summed E-state index contributed by atoms with van der Waals surface area (Å²) in [7, 11) is 0. The van der Waals surface area contributed by atoms with E-state index >= 15 is 0 Å². The lowest BCUT2D eigenvalue weighted by atomic mass is 10.2. The number of pyridine rings is 1. The molecule has 1 aromatic rings. The molecule has 4 nitrogen and oxygen atoms in total. The number of carbonyl (C=O) groups is 1. The molecule has 0 aliphatic carbocycles. The highest BCUT2D eigenvalue weighted by atomic mass is 16.1. The molecule has 0 saturated carbocycles. The number of hydrogen-bond donors (Lipinski definition) is 2. The molecule has 21 heavy (non-hydrogen) atoms. The first-order valence-corrected chi connectivity index (χ1v) is 8.08. The molecule has 0 saturated heterocycles. The van der Waals surface area contributed by atoms with Crippen molar-refractivity contribution >= 4 is 5.91 Å². The Balaban J connectivity index is -0.000000399. The van der Waals surface area contributed by atoms with E-state index in [1.165, 1.54) is 12.5 Å². The van der Waals surface area contributed by atoms with Gasteiger partial charge in [-0.3, -0.25) is 9.59 Å². The molecule has 1 aromatic heterocycles. The van der Waals surface area contributed by atoms with E-state index in [9.17, 15) is 9.59 Å². The summed E-state index contributed by atoms with van der Waals surface area (Å²) in [5.74, 6) is 0.0504. The van der Waals surface area contributed by atoms with Crippen molar-refractivity contribution in [3.8, 4) is 0 Å². The van der Waals surface area contributed by atoms with E-state index < -0.39 is 0 Å². The van der Waals surface area contributed by atoms with Crippen LogP contribution in [0.1, 0.15) is 66.9 Å². The minimum atomic E-state index is -0.105. The zero-order valence-electron chi connectivity index (χ0n) is 14.9. The lowest BCUT2D eigenvalue weighted by Gasteiger charge is -2.02. The van der Waals surface area contributed by atoms with Crippen molar-refractivity contribution in [2.24, 2.45) is 0 Å². The van der Waals surface area contributed by atoms with E-state index in [-0.39, 0.29) is 11.5 Å². The van der Waals surface area contributed by atoms with Crippen LogP contribution >= 0.6 is 0 Å². The van der Waals surface area contributed by atoms with Crippen molar-refractivity contribution in [2.45, 2.75) is 67.7 Å². The fourth-order valence-electron chi connectivity index (χ4n) is 1.07. The summed E-state index contributed by atoms with van der Waals surface area (Å²) in [4.78, 5) is 24.2. The van der Waals surface area contributed by atoms with Crippen LogP contribution in [-0.4, -0.2) is 17.4 Å². The Morgan fingerprint density at radius 3 is 2.00 bits per heavy atom. The Morgan fingerprint density at radius 2 is 1.62 bits per heavy atom.